The average Bonchev–Trinajstić information content (AvgIpc) is 3.20. The molecule has 0 saturated carbocycles. The molecule has 3 aromatic heterocycles. The van der Waals surface area contributed by atoms with Gasteiger partial charge in [-0.05, 0) is 42.8 Å². The van der Waals surface area contributed by atoms with Crippen molar-refractivity contribution in [1.82, 2.24) is 24.9 Å². The van der Waals surface area contributed by atoms with Crippen LogP contribution in [0.5, 0.6) is 0 Å². The summed E-state index contributed by atoms with van der Waals surface area (Å²) in [6.45, 7) is 1.97. The Balaban J connectivity index is 1.65. The van der Waals surface area contributed by atoms with Gasteiger partial charge in [0.1, 0.15) is 5.82 Å². The standard InChI is InChI=1S/C24H17Cl2N5/c1-14-4-2-7-19(29-14)24-23(16-8-9-18-20(12-16)28-11-10-27-18)30-21(31-24)13-15-5-3-6-17(25)22(15)26/h2-12H,13H2,1H3,(H,30,31). The summed E-state index contributed by atoms with van der Waals surface area (Å²) in [7, 11) is 0. The van der Waals surface area contributed by atoms with E-state index in [1.165, 1.54) is 0 Å². The molecule has 0 aliphatic rings. The maximum Gasteiger partial charge on any atom is 0.111 e. The molecule has 7 heteroatoms. The molecule has 152 valence electrons. The summed E-state index contributed by atoms with van der Waals surface area (Å²) >= 11 is 12.6. The highest BCUT2D eigenvalue weighted by Gasteiger charge is 2.17. The number of aromatic nitrogens is 5. The van der Waals surface area contributed by atoms with Gasteiger partial charge in [0, 0.05) is 30.1 Å². The molecular formula is C24H17Cl2N5. The number of aryl methyl sites for hydroxylation is 1. The van der Waals surface area contributed by atoms with Crippen molar-refractivity contribution in [1.29, 1.82) is 0 Å². The first-order chi connectivity index (χ1) is 15.1. The summed E-state index contributed by atoms with van der Waals surface area (Å²) in [6, 6.07) is 17.5. The number of pyridine rings is 1. The molecule has 0 aliphatic heterocycles. The van der Waals surface area contributed by atoms with Gasteiger partial charge < -0.3 is 4.98 Å². The molecule has 3 heterocycles. The van der Waals surface area contributed by atoms with Gasteiger partial charge in [-0.25, -0.2) is 4.98 Å². The van der Waals surface area contributed by atoms with Crippen molar-refractivity contribution < 1.29 is 0 Å². The van der Waals surface area contributed by atoms with E-state index in [0.717, 1.165) is 50.8 Å². The van der Waals surface area contributed by atoms with Gasteiger partial charge in [-0.1, -0.05) is 47.5 Å². The molecule has 5 aromatic rings. The number of aromatic amines is 1. The van der Waals surface area contributed by atoms with E-state index >= 15 is 0 Å². The quantitative estimate of drug-likeness (QED) is 0.352. The van der Waals surface area contributed by atoms with Crippen LogP contribution >= 0.6 is 23.2 Å². The largest absolute Gasteiger partial charge is 0.340 e. The van der Waals surface area contributed by atoms with Gasteiger partial charge in [-0.2, -0.15) is 0 Å². The molecule has 0 atom stereocenters. The maximum absolute atomic E-state index is 6.41. The number of hydrogen-bond acceptors (Lipinski definition) is 4. The Hall–Kier alpha value is -3.28. The lowest BCUT2D eigenvalue weighted by molar-refractivity contribution is 1.03. The number of hydrogen-bond donors (Lipinski definition) is 1. The first kappa shape index (κ1) is 19.7. The van der Waals surface area contributed by atoms with Gasteiger partial charge in [-0.3, -0.25) is 15.0 Å². The van der Waals surface area contributed by atoms with Crippen LogP contribution in [0.4, 0.5) is 0 Å². The van der Waals surface area contributed by atoms with Crippen LogP contribution in [0.25, 0.3) is 33.7 Å². The summed E-state index contributed by atoms with van der Waals surface area (Å²) in [6.07, 6.45) is 3.89. The van der Waals surface area contributed by atoms with Crippen molar-refractivity contribution in [2.45, 2.75) is 13.3 Å². The van der Waals surface area contributed by atoms with Crippen LogP contribution in [-0.4, -0.2) is 24.9 Å². The SMILES string of the molecule is Cc1cccc(-c2[nH]c(Cc3cccc(Cl)c3Cl)nc2-c2ccc3nccnc3c2)n1. The minimum absolute atomic E-state index is 0.519. The van der Waals surface area contributed by atoms with Crippen molar-refractivity contribution in [2.75, 3.05) is 0 Å². The fourth-order valence-corrected chi connectivity index (χ4v) is 3.95. The summed E-state index contributed by atoms with van der Waals surface area (Å²) in [5.74, 6) is 0.775. The smallest absolute Gasteiger partial charge is 0.111 e. The lowest BCUT2D eigenvalue weighted by Gasteiger charge is -2.04. The molecule has 0 radical (unpaired) electrons. The molecule has 0 aliphatic carbocycles. The number of nitrogens with zero attached hydrogens (tertiary/aromatic N) is 4. The Bertz CT molecular complexity index is 1410. The van der Waals surface area contributed by atoms with Crippen LogP contribution in [0.2, 0.25) is 10.0 Å². The van der Waals surface area contributed by atoms with E-state index in [1.807, 2.05) is 55.5 Å². The zero-order valence-corrected chi connectivity index (χ0v) is 18.1. The van der Waals surface area contributed by atoms with E-state index < -0.39 is 0 Å². The maximum atomic E-state index is 6.41. The second kappa shape index (κ2) is 8.10. The molecule has 1 N–H and O–H groups in total. The Labute approximate surface area is 189 Å². The molecular weight excluding hydrogens is 429 g/mol. The third kappa shape index (κ3) is 3.90. The number of halogens is 2. The van der Waals surface area contributed by atoms with Crippen LogP contribution in [0, 0.1) is 6.92 Å². The zero-order valence-electron chi connectivity index (χ0n) is 16.6. The third-order valence-electron chi connectivity index (χ3n) is 5.03. The van der Waals surface area contributed by atoms with E-state index in [2.05, 4.69) is 15.0 Å². The fourth-order valence-electron chi connectivity index (χ4n) is 3.56. The van der Waals surface area contributed by atoms with Gasteiger partial charge in [0.2, 0.25) is 0 Å². The van der Waals surface area contributed by atoms with Crippen LogP contribution in [-0.2, 0) is 6.42 Å². The Kier molecular flexibility index (Phi) is 5.14. The van der Waals surface area contributed by atoms with Crippen molar-refractivity contribution in [3.05, 3.63) is 94.1 Å². The lowest BCUT2D eigenvalue weighted by atomic mass is 10.1. The van der Waals surface area contributed by atoms with Gasteiger partial charge in [0.15, 0.2) is 0 Å². The number of benzene rings is 2. The Morgan fingerprint density at radius 2 is 1.68 bits per heavy atom. The summed E-state index contributed by atoms with van der Waals surface area (Å²) < 4.78 is 0. The monoisotopic (exact) mass is 445 g/mol. The normalized spacial score (nSPS) is 11.2. The van der Waals surface area contributed by atoms with Crippen molar-refractivity contribution >= 4 is 34.2 Å². The Morgan fingerprint density at radius 3 is 2.52 bits per heavy atom. The van der Waals surface area contributed by atoms with E-state index in [9.17, 15) is 0 Å². The predicted molar refractivity (Wildman–Crippen MR) is 124 cm³/mol. The number of nitrogens with one attached hydrogen (secondary N) is 1. The molecule has 0 fully saturated rings. The fraction of sp³-hybridized carbons (Fsp3) is 0.0833. The van der Waals surface area contributed by atoms with E-state index in [-0.39, 0.29) is 0 Å². The van der Waals surface area contributed by atoms with E-state index in [0.29, 0.717) is 16.5 Å². The van der Waals surface area contributed by atoms with Crippen molar-refractivity contribution in [3.63, 3.8) is 0 Å². The zero-order chi connectivity index (χ0) is 21.4. The third-order valence-corrected chi connectivity index (χ3v) is 5.89. The molecule has 0 bridgehead atoms. The molecule has 0 unspecified atom stereocenters. The van der Waals surface area contributed by atoms with Gasteiger partial charge in [0.25, 0.3) is 0 Å². The van der Waals surface area contributed by atoms with Gasteiger partial charge in [0.05, 0.1) is 38.2 Å². The molecule has 5 rings (SSSR count). The van der Waals surface area contributed by atoms with E-state index in [1.54, 1.807) is 18.5 Å². The number of H-pyrrole nitrogens is 1. The number of fused-ring (bicyclic) bond motifs is 1. The van der Waals surface area contributed by atoms with Gasteiger partial charge >= 0.3 is 0 Å². The summed E-state index contributed by atoms with van der Waals surface area (Å²) in [5, 5.41) is 1.07. The minimum Gasteiger partial charge on any atom is -0.340 e. The number of rotatable bonds is 4. The van der Waals surface area contributed by atoms with Gasteiger partial charge in [-0.15, -0.1) is 0 Å². The van der Waals surface area contributed by atoms with Crippen molar-refractivity contribution in [2.24, 2.45) is 0 Å². The predicted octanol–water partition coefficient (Wildman–Crippen LogP) is 6.29. The first-order valence-electron chi connectivity index (χ1n) is 9.75. The molecule has 0 spiro atoms. The topological polar surface area (TPSA) is 67.3 Å². The van der Waals surface area contributed by atoms with Crippen LogP contribution < -0.4 is 0 Å². The lowest BCUT2D eigenvalue weighted by Crippen LogP contribution is -1.93. The minimum atomic E-state index is 0.519. The first-order valence-corrected chi connectivity index (χ1v) is 10.5. The van der Waals surface area contributed by atoms with Crippen LogP contribution in [0.1, 0.15) is 17.1 Å². The van der Waals surface area contributed by atoms with E-state index in [4.69, 9.17) is 33.2 Å². The molecule has 0 amide bonds. The van der Waals surface area contributed by atoms with Crippen molar-refractivity contribution in [3.8, 4) is 22.6 Å². The average molecular weight is 446 g/mol. The number of imidazole rings is 1. The Morgan fingerprint density at radius 1 is 0.871 bits per heavy atom. The molecule has 0 saturated heterocycles. The highest BCUT2D eigenvalue weighted by Crippen LogP contribution is 2.32. The van der Waals surface area contributed by atoms with Crippen LogP contribution in [0.3, 0.4) is 0 Å². The molecule has 2 aromatic carbocycles. The molecule has 31 heavy (non-hydrogen) atoms. The molecule has 5 nitrogen and oxygen atoms in total. The highest BCUT2D eigenvalue weighted by molar-refractivity contribution is 6.42. The summed E-state index contributed by atoms with van der Waals surface area (Å²) in [5.41, 5.74) is 6.90. The second-order valence-electron chi connectivity index (χ2n) is 7.22. The second-order valence-corrected chi connectivity index (χ2v) is 8.01. The summed E-state index contributed by atoms with van der Waals surface area (Å²) in [4.78, 5) is 21.9. The highest BCUT2D eigenvalue weighted by atomic mass is 35.5. The van der Waals surface area contributed by atoms with Crippen LogP contribution in [0.15, 0.2) is 67.0 Å².